The van der Waals surface area contributed by atoms with E-state index in [1.807, 2.05) is 27.0 Å². The molecule has 3 heterocycles. The van der Waals surface area contributed by atoms with Crippen LogP contribution in [0.3, 0.4) is 0 Å². The fourth-order valence-electron chi connectivity index (χ4n) is 2.68. The highest BCUT2D eigenvalue weighted by Gasteiger charge is 2.28. The van der Waals surface area contributed by atoms with E-state index in [9.17, 15) is 0 Å². The molecule has 2 N–H and O–H groups in total. The maximum absolute atomic E-state index is 6.12. The van der Waals surface area contributed by atoms with Gasteiger partial charge in [0.25, 0.3) is 0 Å². The Morgan fingerprint density at radius 3 is 3.00 bits per heavy atom. The molecule has 0 radical (unpaired) electrons. The van der Waals surface area contributed by atoms with E-state index in [4.69, 9.17) is 14.0 Å². The minimum atomic E-state index is -0.00803. The molecular formula is C16H23N5O3. The Hall–Kier alpha value is -2.19. The van der Waals surface area contributed by atoms with Crippen molar-refractivity contribution in [3.63, 3.8) is 0 Å². The average Bonchev–Trinajstić information content (AvgIpc) is 2.92. The molecule has 2 aromatic heterocycles. The number of hydrogen-bond acceptors (Lipinski definition) is 8. The summed E-state index contributed by atoms with van der Waals surface area (Å²) >= 11 is 0. The third-order valence-corrected chi connectivity index (χ3v) is 4.14. The smallest absolute Gasteiger partial charge is 0.224 e. The molecule has 2 aromatic rings. The molecule has 0 aromatic carbocycles. The number of aryl methyl sites for hydroxylation is 2. The molecule has 1 saturated heterocycles. The lowest BCUT2D eigenvalue weighted by Gasteiger charge is -2.32. The second kappa shape index (κ2) is 7.59. The first-order chi connectivity index (χ1) is 11.7. The van der Waals surface area contributed by atoms with Crippen LogP contribution in [0.5, 0.6) is 0 Å². The summed E-state index contributed by atoms with van der Waals surface area (Å²) in [6.45, 7) is 5.53. The first-order valence-corrected chi connectivity index (χ1v) is 8.06. The Morgan fingerprint density at radius 1 is 1.38 bits per heavy atom. The minimum absolute atomic E-state index is 0.00803. The number of rotatable bonds is 6. The number of aromatic nitrogens is 3. The molecule has 0 spiro atoms. The van der Waals surface area contributed by atoms with Crippen LogP contribution in [0.4, 0.5) is 11.8 Å². The third-order valence-electron chi connectivity index (χ3n) is 4.14. The SMILES string of the molecule is CNc1ccnc(N[C@@H]2COCC[C@@H]2OCc2c(C)noc2C)n1. The van der Waals surface area contributed by atoms with E-state index in [0.29, 0.717) is 25.8 Å². The Labute approximate surface area is 140 Å². The van der Waals surface area contributed by atoms with Gasteiger partial charge < -0.3 is 24.6 Å². The van der Waals surface area contributed by atoms with E-state index in [2.05, 4.69) is 25.8 Å². The topological polar surface area (TPSA) is 94.3 Å². The molecule has 0 aliphatic carbocycles. The predicted molar refractivity (Wildman–Crippen MR) is 89.0 cm³/mol. The van der Waals surface area contributed by atoms with Gasteiger partial charge in [0.15, 0.2) is 0 Å². The van der Waals surface area contributed by atoms with Crippen LogP contribution in [-0.2, 0) is 16.1 Å². The van der Waals surface area contributed by atoms with Gasteiger partial charge in [0.2, 0.25) is 5.95 Å². The largest absolute Gasteiger partial charge is 0.379 e. The average molecular weight is 333 g/mol. The molecule has 3 rings (SSSR count). The number of nitrogens with one attached hydrogen (secondary N) is 2. The van der Waals surface area contributed by atoms with Gasteiger partial charge in [-0.15, -0.1) is 0 Å². The number of anilines is 2. The lowest BCUT2D eigenvalue weighted by molar-refractivity contribution is -0.0483. The first kappa shape index (κ1) is 16.7. The molecule has 1 fully saturated rings. The van der Waals surface area contributed by atoms with Gasteiger partial charge in [-0.3, -0.25) is 0 Å². The standard InChI is InChI=1S/C16H23N5O3/c1-10-12(11(2)24-21-10)8-23-14-5-7-22-9-13(14)19-16-18-6-4-15(17-3)20-16/h4,6,13-14H,5,7-9H2,1-3H3,(H2,17,18,19,20)/t13-,14+/m1/s1. The number of hydrogen-bond donors (Lipinski definition) is 2. The van der Waals surface area contributed by atoms with Gasteiger partial charge in [0, 0.05) is 25.4 Å². The maximum atomic E-state index is 6.12. The molecule has 0 saturated carbocycles. The summed E-state index contributed by atoms with van der Waals surface area (Å²) in [5.74, 6) is 2.12. The Balaban J connectivity index is 1.64. The molecular weight excluding hydrogens is 310 g/mol. The van der Waals surface area contributed by atoms with Gasteiger partial charge in [-0.05, 0) is 26.3 Å². The quantitative estimate of drug-likeness (QED) is 0.828. The summed E-state index contributed by atoms with van der Waals surface area (Å²) in [7, 11) is 1.82. The van der Waals surface area contributed by atoms with Gasteiger partial charge in [-0.25, -0.2) is 4.98 Å². The van der Waals surface area contributed by atoms with Crippen molar-refractivity contribution in [2.45, 2.75) is 39.0 Å². The Bertz CT molecular complexity index is 656. The molecule has 0 bridgehead atoms. The van der Waals surface area contributed by atoms with Gasteiger partial charge in [0.05, 0.1) is 31.1 Å². The van der Waals surface area contributed by atoms with Gasteiger partial charge in [-0.1, -0.05) is 5.16 Å². The summed E-state index contributed by atoms with van der Waals surface area (Å²) in [5, 5.41) is 10.3. The van der Waals surface area contributed by atoms with Crippen molar-refractivity contribution in [3.05, 3.63) is 29.3 Å². The highest BCUT2D eigenvalue weighted by atomic mass is 16.5. The second-order valence-electron chi connectivity index (χ2n) is 5.78. The highest BCUT2D eigenvalue weighted by molar-refractivity contribution is 5.39. The van der Waals surface area contributed by atoms with Crippen LogP contribution in [0.1, 0.15) is 23.4 Å². The van der Waals surface area contributed by atoms with Crippen molar-refractivity contribution in [3.8, 4) is 0 Å². The second-order valence-corrected chi connectivity index (χ2v) is 5.78. The Kier molecular flexibility index (Phi) is 5.27. The first-order valence-electron chi connectivity index (χ1n) is 8.06. The van der Waals surface area contributed by atoms with Crippen molar-refractivity contribution in [2.75, 3.05) is 30.9 Å². The molecule has 0 amide bonds. The van der Waals surface area contributed by atoms with Crippen molar-refractivity contribution < 1.29 is 14.0 Å². The molecule has 0 unspecified atom stereocenters. The highest BCUT2D eigenvalue weighted by Crippen LogP contribution is 2.20. The van der Waals surface area contributed by atoms with Crippen molar-refractivity contribution >= 4 is 11.8 Å². The summed E-state index contributed by atoms with van der Waals surface area (Å²) in [6, 6.07) is 1.81. The van der Waals surface area contributed by atoms with Gasteiger partial charge in [0.1, 0.15) is 11.6 Å². The molecule has 1 aliphatic rings. The van der Waals surface area contributed by atoms with Crippen molar-refractivity contribution in [1.29, 1.82) is 0 Å². The van der Waals surface area contributed by atoms with Crippen LogP contribution in [0.2, 0.25) is 0 Å². The number of ether oxygens (including phenoxy) is 2. The van der Waals surface area contributed by atoms with E-state index in [0.717, 1.165) is 29.3 Å². The monoisotopic (exact) mass is 333 g/mol. The van der Waals surface area contributed by atoms with Crippen LogP contribution in [0.15, 0.2) is 16.8 Å². The van der Waals surface area contributed by atoms with E-state index in [-0.39, 0.29) is 12.1 Å². The van der Waals surface area contributed by atoms with E-state index >= 15 is 0 Å². The summed E-state index contributed by atoms with van der Waals surface area (Å²) in [5.41, 5.74) is 1.88. The zero-order chi connectivity index (χ0) is 16.9. The summed E-state index contributed by atoms with van der Waals surface area (Å²) < 4.78 is 16.9. The van der Waals surface area contributed by atoms with E-state index in [1.165, 1.54) is 0 Å². The number of nitrogens with zero attached hydrogens (tertiary/aromatic N) is 3. The lowest BCUT2D eigenvalue weighted by atomic mass is 10.1. The molecule has 1 aliphatic heterocycles. The molecule has 130 valence electrons. The maximum Gasteiger partial charge on any atom is 0.224 e. The van der Waals surface area contributed by atoms with Crippen LogP contribution in [0.25, 0.3) is 0 Å². The fourth-order valence-corrected chi connectivity index (χ4v) is 2.68. The molecule has 2 atom stereocenters. The zero-order valence-electron chi connectivity index (χ0n) is 14.2. The van der Waals surface area contributed by atoms with Crippen LogP contribution < -0.4 is 10.6 Å². The van der Waals surface area contributed by atoms with E-state index < -0.39 is 0 Å². The predicted octanol–water partition coefficient (Wildman–Crippen LogP) is 1.91. The minimum Gasteiger partial charge on any atom is -0.379 e. The van der Waals surface area contributed by atoms with Crippen molar-refractivity contribution in [1.82, 2.24) is 15.1 Å². The molecule has 8 nitrogen and oxygen atoms in total. The van der Waals surface area contributed by atoms with Crippen molar-refractivity contribution in [2.24, 2.45) is 0 Å². The van der Waals surface area contributed by atoms with Crippen LogP contribution >= 0.6 is 0 Å². The molecule has 24 heavy (non-hydrogen) atoms. The normalized spacial score (nSPS) is 20.8. The third kappa shape index (κ3) is 3.82. The van der Waals surface area contributed by atoms with E-state index in [1.54, 1.807) is 6.20 Å². The van der Waals surface area contributed by atoms with Gasteiger partial charge in [-0.2, -0.15) is 4.98 Å². The molecule has 8 heteroatoms. The van der Waals surface area contributed by atoms with Crippen LogP contribution in [-0.4, -0.2) is 47.5 Å². The van der Waals surface area contributed by atoms with Crippen LogP contribution in [0, 0.1) is 13.8 Å². The van der Waals surface area contributed by atoms with Gasteiger partial charge >= 0.3 is 0 Å². The lowest BCUT2D eigenvalue weighted by Crippen LogP contribution is -2.44. The fraction of sp³-hybridized carbons (Fsp3) is 0.562. The summed E-state index contributed by atoms with van der Waals surface area (Å²) in [4.78, 5) is 8.64. The zero-order valence-corrected chi connectivity index (χ0v) is 14.2. The Morgan fingerprint density at radius 2 is 2.25 bits per heavy atom. The summed E-state index contributed by atoms with van der Waals surface area (Å²) in [6.07, 6.45) is 2.53.